The second-order valence-electron chi connectivity index (χ2n) is 2.02. The van der Waals surface area contributed by atoms with Crippen LogP contribution in [0.4, 0.5) is 0 Å². The summed E-state index contributed by atoms with van der Waals surface area (Å²) in [7, 11) is 0. The van der Waals surface area contributed by atoms with Gasteiger partial charge in [-0.25, -0.2) is 0 Å². The lowest BCUT2D eigenvalue weighted by Gasteiger charge is -1.87. The Morgan fingerprint density at radius 1 is 1.40 bits per heavy atom. The van der Waals surface area contributed by atoms with Crippen molar-refractivity contribution in [2.75, 3.05) is 0 Å². The molecule has 0 aliphatic heterocycles. The summed E-state index contributed by atoms with van der Waals surface area (Å²) >= 11 is 3.34. The normalized spacial score (nSPS) is 10.5. The minimum atomic E-state index is 0.870. The van der Waals surface area contributed by atoms with Gasteiger partial charge >= 0.3 is 0 Å². The smallest absolute Gasteiger partial charge is 0.135 e. The fourth-order valence-electron chi connectivity index (χ4n) is 0.869. The van der Waals surface area contributed by atoms with Gasteiger partial charge in [-0.15, -0.1) is 0 Å². The highest BCUT2D eigenvalue weighted by Crippen LogP contribution is 2.19. The van der Waals surface area contributed by atoms with Crippen LogP contribution < -0.4 is 0 Å². The summed E-state index contributed by atoms with van der Waals surface area (Å²) in [4.78, 5) is 0. The van der Waals surface area contributed by atoms with Crippen molar-refractivity contribution >= 4 is 26.9 Å². The van der Waals surface area contributed by atoms with E-state index in [-0.39, 0.29) is 0 Å². The summed E-state index contributed by atoms with van der Waals surface area (Å²) in [6.45, 7) is 0. The molecule has 2 heteroatoms. The molecule has 0 atom stereocenters. The van der Waals surface area contributed by atoms with Crippen LogP contribution in [-0.4, -0.2) is 0 Å². The van der Waals surface area contributed by atoms with Crippen molar-refractivity contribution in [1.82, 2.24) is 0 Å². The van der Waals surface area contributed by atoms with Gasteiger partial charge in [0, 0.05) is 15.9 Å². The maximum atomic E-state index is 5.11. The van der Waals surface area contributed by atoms with Gasteiger partial charge in [0.1, 0.15) is 5.58 Å². The van der Waals surface area contributed by atoms with E-state index in [1.54, 1.807) is 6.26 Å². The van der Waals surface area contributed by atoms with E-state index >= 15 is 0 Å². The lowest BCUT2D eigenvalue weighted by molar-refractivity contribution is 0.615. The average Bonchev–Trinajstić information content (AvgIpc) is 2.33. The summed E-state index contributed by atoms with van der Waals surface area (Å²) in [6, 6.07) is 8.81. The molecule has 0 amide bonds. The van der Waals surface area contributed by atoms with Gasteiger partial charge in [-0.3, -0.25) is 0 Å². The van der Waals surface area contributed by atoms with Crippen molar-refractivity contribution in [3.63, 3.8) is 0 Å². The van der Waals surface area contributed by atoms with Gasteiger partial charge in [0.15, 0.2) is 0 Å². The molecule has 0 aliphatic carbocycles. The second kappa shape index (κ2) is 2.13. The van der Waals surface area contributed by atoms with E-state index in [0.29, 0.717) is 0 Å². The first-order chi connectivity index (χ1) is 4.86. The van der Waals surface area contributed by atoms with Crippen LogP contribution >= 0.6 is 15.9 Å². The lowest BCUT2D eigenvalue weighted by Crippen LogP contribution is -1.63. The van der Waals surface area contributed by atoms with Crippen LogP contribution in [0.2, 0.25) is 0 Å². The Bertz CT molecular complexity index is 351. The third-order valence-electron chi connectivity index (χ3n) is 1.34. The van der Waals surface area contributed by atoms with Gasteiger partial charge < -0.3 is 4.42 Å². The van der Waals surface area contributed by atoms with Crippen molar-refractivity contribution in [2.45, 2.75) is 0 Å². The second-order valence-corrected chi connectivity index (χ2v) is 2.94. The minimum absolute atomic E-state index is 0.870. The Kier molecular flexibility index (Phi) is 1.27. The monoisotopic (exact) mass is 195 g/mol. The third kappa shape index (κ3) is 0.847. The van der Waals surface area contributed by atoms with Crippen molar-refractivity contribution in [3.05, 3.63) is 35.0 Å². The molecule has 0 saturated carbocycles. The lowest BCUT2D eigenvalue weighted by atomic mass is 10.3. The van der Waals surface area contributed by atoms with Crippen molar-refractivity contribution in [3.8, 4) is 0 Å². The first kappa shape index (κ1) is 5.98. The molecule has 2 aromatic rings. The molecule has 1 heterocycles. The zero-order valence-electron chi connectivity index (χ0n) is 5.10. The third-order valence-corrected chi connectivity index (χ3v) is 1.84. The van der Waals surface area contributed by atoms with Gasteiger partial charge in [0.25, 0.3) is 0 Å². The Hall–Kier alpha value is -0.760. The van der Waals surface area contributed by atoms with Crippen LogP contribution in [0.5, 0.6) is 0 Å². The van der Waals surface area contributed by atoms with Crippen molar-refractivity contribution < 1.29 is 4.42 Å². The van der Waals surface area contributed by atoms with Crippen molar-refractivity contribution in [1.29, 1.82) is 0 Å². The number of fused-ring (bicyclic) bond motifs is 1. The predicted molar refractivity (Wildman–Crippen MR) is 42.8 cm³/mol. The molecule has 0 aliphatic rings. The maximum absolute atomic E-state index is 5.11. The molecule has 1 aromatic carbocycles. The molecule has 0 unspecified atom stereocenters. The number of furan rings is 1. The molecule has 0 saturated heterocycles. The van der Waals surface area contributed by atoms with Crippen LogP contribution in [0.1, 0.15) is 0 Å². The first-order valence-electron chi connectivity index (χ1n) is 2.91. The molecule has 0 spiro atoms. The zero-order chi connectivity index (χ0) is 6.97. The number of hydrogen-bond donors (Lipinski definition) is 0. The molecule has 1 aromatic heterocycles. The van der Waals surface area contributed by atoms with Gasteiger partial charge in [0.2, 0.25) is 0 Å². The highest BCUT2D eigenvalue weighted by Gasteiger charge is 1.95. The number of halogens is 1. The fourth-order valence-corrected chi connectivity index (χ4v) is 1.21. The molecule has 1 radical (unpaired) electrons. The van der Waals surface area contributed by atoms with Crippen LogP contribution in [0, 0.1) is 6.07 Å². The number of rotatable bonds is 0. The molecular formula is C8H4BrO. The van der Waals surface area contributed by atoms with Gasteiger partial charge in [0.05, 0.1) is 6.26 Å². The van der Waals surface area contributed by atoms with Gasteiger partial charge in [-0.05, 0) is 18.2 Å². The minimum Gasteiger partial charge on any atom is -0.464 e. The SMILES string of the molecule is Brc1ccc2[c]coc2c1. The summed E-state index contributed by atoms with van der Waals surface area (Å²) in [6.07, 6.45) is 1.57. The van der Waals surface area contributed by atoms with Crippen LogP contribution in [0.3, 0.4) is 0 Å². The molecule has 49 valence electrons. The van der Waals surface area contributed by atoms with Crippen LogP contribution in [-0.2, 0) is 0 Å². The average molecular weight is 196 g/mol. The Labute approximate surface area is 66.8 Å². The molecule has 0 N–H and O–H groups in total. The quantitative estimate of drug-likeness (QED) is 0.631. The molecule has 2 rings (SSSR count). The largest absolute Gasteiger partial charge is 0.464 e. The van der Waals surface area contributed by atoms with E-state index in [9.17, 15) is 0 Å². The van der Waals surface area contributed by atoms with E-state index in [4.69, 9.17) is 4.42 Å². The topological polar surface area (TPSA) is 13.1 Å². The van der Waals surface area contributed by atoms with Gasteiger partial charge in [-0.2, -0.15) is 0 Å². The highest BCUT2D eigenvalue weighted by atomic mass is 79.9. The summed E-state index contributed by atoms with van der Waals surface area (Å²) in [5.41, 5.74) is 0.870. The Morgan fingerprint density at radius 2 is 2.30 bits per heavy atom. The van der Waals surface area contributed by atoms with Crippen LogP contribution in [0.25, 0.3) is 11.0 Å². The summed E-state index contributed by atoms with van der Waals surface area (Å²) in [5.74, 6) is 0. The fraction of sp³-hybridized carbons (Fsp3) is 0. The first-order valence-corrected chi connectivity index (χ1v) is 3.70. The highest BCUT2D eigenvalue weighted by molar-refractivity contribution is 9.10. The van der Waals surface area contributed by atoms with Gasteiger partial charge in [-0.1, -0.05) is 15.9 Å². The molecular weight excluding hydrogens is 192 g/mol. The summed E-state index contributed by atoms with van der Waals surface area (Å²) < 4.78 is 6.14. The number of hydrogen-bond acceptors (Lipinski definition) is 1. The Balaban J connectivity index is 2.86. The van der Waals surface area contributed by atoms with E-state index in [1.807, 2.05) is 18.2 Å². The molecule has 10 heavy (non-hydrogen) atoms. The van der Waals surface area contributed by atoms with E-state index < -0.39 is 0 Å². The van der Waals surface area contributed by atoms with Crippen LogP contribution in [0.15, 0.2) is 33.4 Å². The zero-order valence-corrected chi connectivity index (χ0v) is 6.68. The standard InChI is InChI=1S/C8H4BrO/c9-7-2-1-6-3-4-10-8(6)5-7/h1-2,4-5H. The van der Waals surface area contributed by atoms with Crippen molar-refractivity contribution in [2.24, 2.45) is 0 Å². The predicted octanol–water partition coefficient (Wildman–Crippen LogP) is 3.00. The number of benzene rings is 1. The maximum Gasteiger partial charge on any atom is 0.135 e. The molecule has 0 bridgehead atoms. The Morgan fingerprint density at radius 3 is 3.20 bits per heavy atom. The summed E-state index contributed by atoms with van der Waals surface area (Å²) in [5, 5.41) is 1.02. The van der Waals surface area contributed by atoms with E-state index in [0.717, 1.165) is 15.4 Å². The van der Waals surface area contributed by atoms with E-state index in [2.05, 4.69) is 22.0 Å². The van der Waals surface area contributed by atoms with E-state index in [1.165, 1.54) is 0 Å². The molecule has 1 nitrogen and oxygen atoms in total. The molecule has 0 fully saturated rings.